The predicted octanol–water partition coefficient (Wildman–Crippen LogP) is 4.59. The Morgan fingerprint density at radius 3 is 2.10 bits per heavy atom. The molecule has 262 valence electrons. The van der Waals surface area contributed by atoms with Crippen LogP contribution in [0.2, 0.25) is 0 Å². The number of halogens is 2. The third-order valence-electron chi connectivity index (χ3n) is 8.11. The summed E-state index contributed by atoms with van der Waals surface area (Å²) >= 11 is 0. The van der Waals surface area contributed by atoms with Gasteiger partial charge in [-0.15, -0.1) is 0 Å². The van der Waals surface area contributed by atoms with Crippen molar-refractivity contribution in [2.75, 3.05) is 12.3 Å². The maximum atomic E-state index is 14.1. The normalized spacial score (nSPS) is 13.6. The molecule has 0 aliphatic heterocycles. The Bertz CT molecular complexity index is 1590. The minimum atomic E-state index is -3.90. The Morgan fingerprint density at radius 1 is 0.833 bits per heavy atom. The third kappa shape index (κ3) is 12.0. The first-order valence-corrected chi connectivity index (χ1v) is 18.1. The first-order valence-electron chi connectivity index (χ1n) is 16.4. The summed E-state index contributed by atoms with van der Waals surface area (Å²) in [5, 5.41) is 28.7. The quantitative estimate of drug-likeness (QED) is 0.124. The van der Waals surface area contributed by atoms with Gasteiger partial charge in [-0.3, -0.25) is 9.59 Å². The lowest BCUT2D eigenvalue weighted by molar-refractivity contribution is -0.124. The van der Waals surface area contributed by atoms with Crippen LogP contribution in [0.5, 0.6) is 5.75 Å². The minimum absolute atomic E-state index is 0.00651. The Hall–Kier alpha value is -3.87. The van der Waals surface area contributed by atoms with E-state index in [2.05, 4.69) is 16.0 Å². The molecule has 2 amide bonds. The first kappa shape index (κ1) is 38.6. The predicted molar refractivity (Wildman–Crippen MR) is 182 cm³/mol. The molecular weight excluding hydrogens is 640 g/mol. The third-order valence-corrected chi connectivity index (χ3v) is 10.4. The van der Waals surface area contributed by atoms with Crippen LogP contribution in [0.15, 0.2) is 66.7 Å². The number of hydrogen-bond donors (Lipinski definition) is 5. The summed E-state index contributed by atoms with van der Waals surface area (Å²) in [5.74, 6) is -4.25. The topological polar surface area (TPSA) is 145 Å². The molecule has 3 atom stereocenters. The number of carbonyl (C=O) groups is 2. The molecule has 1 unspecified atom stereocenters. The van der Waals surface area contributed by atoms with E-state index in [0.717, 1.165) is 29.7 Å². The second-order valence-corrected chi connectivity index (χ2v) is 14.4. The number of sulfone groups is 1. The van der Waals surface area contributed by atoms with Crippen LogP contribution >= 0.6 is 0 Å². The van der Waals surface area contributed by atoms with Gasteiger partial charge in [0.05, 0.1) is 23.1 Å². The first-order chi connectivity index (χ1) is 22.8. The highest BCUT2D eigenvalue weighted by molar-refractivity contribution is 7.92. The van der Waals surface area contributed by atoms with Crippen LogP contribution < -0.4 is 16.0 Å². The summed E-state index contributed by atoms with van der Waals surface area (Å²) in [6.07, 6.45) is 1.35. The molecule has 9 nitrogen and oxygen atoms in total. The van der Waals surface area contributed by atoms with E-state index in [9.17, 15) is 37.0 Å². The summed E-state index contributed by atoms with van der Waals surface area (Å²) < 4.78 is 55.4. The van der Waals surface area contributed by atoms with Crippen molar-refractivity contribution < 1.29 is 37.0 Å². The van der Waals surface area contributed by atoms with Gasteiger partial charge in [0.25, 0.3) is 5.91 Å². The fourth-order valence-electron chi connectivity index (χ4n) is 5.60. The number of benzene rings is 3. The molecule has 12 heteroatoms. The van der Waals surface area contributed by atoms with E-state index in [0.29, 0.717) is 38.3 Å². The average Bonchev–Trinajstić information content (AvgIpc) is 3.03. The van der Waals surface area contributed by atoms with Crippen LogP contribution in [0.4, 0.5) is 8.78 Å². The smallest absolute Gasteiger partial charge is 0.252 e. The molecule has 0 bridgehead atoms. The van der Waals surface area contributed by atoms with E-state index in [-0.39, 0.29) is 29.8 Å². The van der Waals surface area contributed by atoms with Crippen LogP contribution in [-0.4, -0.2) is 66.2 Å². The number of aryl methyl sites for hydroxylation is 1. The fourth-order valence-corrected chi connectivity index (χ4v) is 7.76. The van der Waals surface area contributed by atoms with Gasteiger partial charge < -0.3 is 26.2 Å². The number of amides is 2. The molecule has 0 saturated heterocycles. The molecule has 0 aliphatic carbocycles. The van der Waals surface area contributed by atoms with E-state index in [1.807, 2.05) is 45.0 Å². The van der Waals surface area contributed by atoms with Gasteiger partial charge in [0.2, 0.25) is 5.91 Å². The van der Waals surface area contributed by atoms with E-state index < -0.39 is 62.5 Å². The number of rotatable bonds is 19. The second-order valence-electron chi connectivity index (χ2n) is 12.1. The van der Waals surface area contributed by atoms with Crippen LogP contribution in [-0.2, 0) is 34.0 Å². The maximum Gasteiger partial charge on any atom is 0.252 e. The zero-order chi connectivity index (χ0) is 35.3. The van der Waals surface area contributed by atoms with Crippen molar-refractivity contribution >= 4 is 21.7 Å². The average molecular weight is 688 g/mol. The van der Waals surface area contributed by atoms with Gasteiger partial charge in [0.15, 0.2) is 9.84 Å². The number of phenolic OH excluding ortho intramolecular Hbond substituents is 1. The lowest BCUT2D eigenvalue weighted by atomic mass is 10.00. The Morgan fingerprint density at radius 2 is 1.48 bits per heavy atom. The van der Waals surface area contributed by atoms with Crippen LogP contribution in [0.25, 0.3) is 0 Å². The standard InChI is InChI=1S/C36H47F2N3O6S/c1-4-9-31(10-5-2)48(46,47)23-33(41-35(44)27-13-8-14-30(42)19-27)36(45)40-32(18-26-16-28(37)20-29(38)17-26)34(43)22-39-21-25-12-7-11-24(6-3)15-25/h7-8,11-17,19-20,31-34,39,42-43H,4-6,9-10,18,21-23H2,1-3H3,(H,40,45)(H,41,44)/t32-,33?,34+/m0/s1. The highest BCUT2D eigenvalue weighted by Crippen LogP contribution is 2.19. The molecule has 0 spiro atoms. The van der Waals surface area contributed by atoms with Gasteiger partial charge in [-0.1, -0.05) is 63.9 Å². The Kier molecular flexibility index (Phi) is 15.0. The molecule has 5 N–H and O–H groups in total. The van der Waals surface area contributed by atoms with Gasteiger partial charge in [-0.2, -0.15) is 0 Å². The number of carbonyl (C=O) groups excluding carboxylic acids is 2. The number of phenols is 1. The number of hydrogen-bond acceptors (Lipinski definition) is 7. The molecule has 0 aromatic heterocycles. The highest BCUT2D eigenvalue weighted by Gasteiger charge is 2.34. The molecule has 3 aromatic rings. The van der Waals surface area contributed by atoms with E-state index in [1.165, 1.54) is 24.3 Å². The van der Waals surface area contributed by atoms with Gasteiger partial charge in [0.1, 0.15) is 23.4 Å². The molecule has 0 fully saturated rings. The van der Waals surface area contributed by atoms with Crippen LogP contribution in [0.1, 0.15) is 73.5 Å². The molecule has 0 heterocycles. The van der Waals surface area contributed by atoms with Gasteiger partial charge >= 0.3 is 0 Å². The largest absolute Gasteiger partial charge is 0.508 e. The van der Waals surface area contributed by atoms with Crippen molar-refractivity contribution in [2.45, 2.75) is 89.3 Å². The van der Waals surface area contributed by atoms with Gasteiger partial charge in [-0.25, -0.2) is 17.2 Å². The van der Waals surface area contributed by atoms with Crippen molar-refractivity contribution in [1.29, 1.82) is 0 Å². The fraction of sp³-hybridized carbons (Fsp3) is 0.444. The minimum Gasteiger partial charge on any atom is -0.508 e. The van der Waals surface area contributed by atoms with Crippen molar-refractivity contribution in [3.63, 3.8) is 0 Å². The summed E-state index contributed by atoms with van der Waals surface area (Å²) in [6.45, 7) is 6.14. The lowest BCUT2D eigenvalue weighted by Gasteiger charge is -2.28. The molecule has 0 saturated carbocycles. The van der Waals surface area contributed by atoms with E-state index >= 15 is 0 Å². The monoisotopic (exact) mass is 687 g/mol. The summed E-state index contributed by atoms with van der Waals surface area (Å²) in [4.78, 5) is 27.1. The molecule has 0 aliphatic rings. The summed E-state index contributed by atoms with van der Waals surface area (Å²) in [5.41, 5.74) is 2.28. The van der Waals surface area contributed by atoms with Crippen molar-refractivity contribution in [3.8, 4) is 5.75 Å². The maximum absolute atomic E-state index is 14.1. The second kappa shape index (κ2) is 18.6. The number of aromatic hydroxyl groups is 1. The number of nitrogens with one attached hydrogen (secondary N) is 3. The van der Waals surface area contributed by atoms with E-state index in [1.54, 1.807) is 0 Å². The summed E-state index contributed by atoms with van der Waals surface area (Å²) in [6, 6.07) is 13.5. The summed E-state index contributed by atoms with van der Waals surface area (Å²) in [7, 11) is -3.90. The van der Waals surface area contributed by atoms with Gasteiger partial charge in [-0.05, 0) is 72.7 Å². The van der Waals surface area contributed by atoms with Crippen molar-refractivity contribution in [1.82, 2.24) is 16.0 Å². The van der Waals surface area contributed by atoms with Crippen molar-refractivity contribution in [2.24, 2.45) is 0 Å². The van der Waals surface area contributed by atoms with Crippen molar-refractivity contribution in [3.05, 3.63) is 101 Å². The van der Waals surface area contributed by atoms with Gasteiger partial charge in [0, 0.05) is 24.7 Å². The Labute approximate surface area is 282 Å². The molecule has 3 aromatic carbocycles. The molecule has 48 heavy (non-hydrogen) atoms. The SMILES string of the molecule is CCCC(CCC)S(=O)(=O)CC(NC(=O)c1cccc(O)c1)C(=O)N[C@@H](Cc1cc(F)cc(F)c1)[C@H](O)CNCc1cccc(CC)c1. The number of aliphatic hydroxyl groups is 1. The molecule has 3 rings (SSSR count). The molecule has 0 radical (unpaired) electrons. The zero-order valence-corrected chi connectivity index (χ0v) is 28.5. The Balaban J connectivity index is 1.89. The van der Waals surface area contributed by atoms with E-state index in [4.69, 9.17) is 0 Å². The molecular formula is C36H47F2N3O6S. The van der Waals surface area contributed by atoms with Crippen LogP contribution in [0.3, 0.4) is 0 Å². The van der Waals surface area contributed by atoms with Crippen LogP contribution in [0, 0.1) is 11.6 Å². The zero-order valence-electron chi connectivity index (χ0n) is 27.7. The highest BCUT2D eigenvalue weighted by atomic mass is 32.2. The number of aliphatic hydroxyl groups excluding tert-OH is 1. The lowest BCUT2D eigenvalue weighted by Crippen LogP contribution is -2.57.